The van der Waals surface area contributed by atoms with Crippen LogP contribution in [0, 0.1) is 6.92 Å². The van der Waals surface area contributed by atoms with Crippen molar-refractivity contribution in [3.8, 4) is 0 Å². The van der Waals surface area contributed by atoms with E-state index in [0.717, 1.165) is 26.2 Å². The predicted molar refractivity (Wildman–Crippen MR) is 81.6 cm³/mol. The molecule has 0 aromatic heterocycles. The fourth-order valence-electron chi connectivity index (χ4n) is 2.76. The average Bonchev–Trinajstić information content (AvgIpc) is 2.45. The second kappa shape index (κ2) is 6.72. The van der Waals surface area contributed by atoms with Crippen molar-refractivity contribution in [3.63, 3.8) is 0 Å². The first-order valence-electron chi connectivity index (χ1n) is 7.14. The molecule has 0 aliphatic carbocycles. The highest BCUT2D eigenvalue weighted by Crippen LogP contribution is 2.18. The number of nitrogens with zero attached hydrogens (tertiary/aromatic N) is 2. The maximum Gasteiger partial charge on any atom is 0.219 e. The highest BCUT2D eigenvalue weighted by molar-refractivity contribution is 5.74. The number of benzene rings is 1. The van der Waals surface area contributed by atoms with Gasteiger partial charge in [0.2, 0.25) is 5.91 Å². The Morgan fingerprint density at radius 2 is 2.00 bits per heavy atom. The van der Waals surface area contributed by atoms with Crippen molar-refractivity contribution in [2.45, 2.75) is 19.4 Å². The van der Waals surface area contributed by atoms with E-state index in [9.17, 15) is 4.79 Å². The van der Waals surface area contributed by atoms with Crippen LogP contribution in [0.15, 0.2) is 24.3 Å². The molecule has 1 saturated heterocycles. The van der Waals surface area contributed by atoms with Crippen molar-refractivity contribution in [2.75, 3.05) is 37.6 Å². The largest absolute Gasteiger partial charge is 0.370 e. The quantitative estimate of drug-likeness (QED) is 0.812. The summed E-state index contributed by atoms with van der Waals surface area (Å²) in [5.74, 6) is -0.276. The third-order valence-electron chi connectivity index (χ3n) is 3.91. The molecule has 4 N–H and O–H groups in total. The van der Waals surface area contributed by atoms with Crippen molar-refractivity contribution in [3.05, 3.63) is 29.8 Å². The van der Waals surface area contributed by atoms with Crippen molar-refractivity contribution in [2.24, 2.45) is 11.5 Å². The third-order valence-corrected chi connectivity index (χ3v) is 3.91. The second-order valence-electron chi connectivity index (χ2n) is 5.42. The summed E-state index contributed by atoms with van der Waals surface area (Å²) in [6, 6.07) is 8.63. The van der Waals surface area contributed by atoms with Gasteiger partial charge in [0, 0.05) is 50.9 Å². The molecule has 0 saturated carbocycles. The number of rotatable bonds is 5. The van der Waals surface area contributed by atoms with Crippen LogP contribution >= 0.6 is 0 Å². The monoisotopic (exact) mass is 276 g/mol. The summed E-state index contributed by atoms with van der Waals surface area (Å²) in [4.78, 5) is 15.7. The van der Waals surface area contributed by atoms with Gasteiger partial charge in [-0.25, -0.2) is 0 Å². The van der Waals surface area contributed by atoms with Crippen molar-refractivity contribution >= 4 is 11.6 Å². The van der Waals surface area contributed by atoms with Gasteiger partial charge in [0.25, 0.3) is 0 Å². The summed E-state index contributed by atoms with van der Waals surface area (Å²) in [5, 5.41) is 0. The minimum atomic E-state index is -0.276. The van der Waals surface area contributed by atoms with Crippen molar-refractivity contribution < 1.29 is 4.79 Å². The van der Waals surface area contributed by atoms with E-state index in [0.29, 0.717) is 13.0 Å². The number of primary amides is 1. The van der Waals surface area contributed by atoms with E-state index in [4.69, 9.17) is 11.5 Å². The standard InChI is InChI=1S/C15H24N4O/c1-12-3-2-4-13(9-12)18-5-7-19(8-6-18)14(11-16)10-15(17)20/h2-4,9,14H,5-8,10-11,16H2,1H3,(H2,17,20). The highest BCUT2D eigenvalue weighted by Gasteiger charge is 2.24. The zero-order chi connectivity index (χ0) is 14.5. The molecular weight excluding hydrogens is 252 g/mol. The summed E-state index contributed by atoms with van der Waals surface area (Å²) in [6.07, 6.45) is 0.348. The van der Waals surface area contributed by atoms with Gasteiger partial charge >= 0.3 is 0 Å². The van der Waals surface area contributed by atoms with E-state index in [-0.39, 0.29) is 11.9 Å². The van der Waals surface area contributed by atoms with Crippen LogP contribution in [0.4, 0.5) is 5.69 Å². The lowest BCUT2D eigenvalue weighted by Gasteiger charge is -2.39. The number of anilines is 1. The molecule has 1 heterocycles. The molecule has 0 spiro atoms. The summed E-state index contributed by atoms with van der Waals surface area (Å²) in [6.45, 7) is 6.34. The van der Waals surface area contributed by atoms with Crippen LogP contribution < -0.4 is 16.4 Å². The molecule has 1 aromatic rings. The molecule has 5 nitrogen and oxygen atoms in total. The third kappa shape index (κ3) is 3.71. The van der Waals surface area contributed by atoms with Gasteiger partial charge in [-0.05, 0) is 24.6 Å². The Kier molecular flexibility index (Phi) is 4.98. The minimum absolute atomic E-state index is 0.0761. The zero-order valence-corrected chi connectivity index (χ0v) is 12.1. The van der Waals surface area contributed by atoms with Crippen LogP contribution in [-0.4, -0.2) is 49.6 Å². The number of carbonyl (C=O) groups excluding carboxylic acids is 1. The Labute approximate surface area is 120 Å². The SMILES string of the molecule is Cc1cccc(N2CCN(C(CN)CC(N)=O)CC2)c1. The first kappa shape index (κ1) is 14.8. The first-order valence-corrected chi connectivity index (χ1v) is 7.14. The summed E-state index contributed by atoms with van der Waals surface area (Å²) < 4.78 is 0. The van der Waals surface area contributed by atoms with Crippen LogP contribution in [0.2, 0.25) is 0 Å². The van der Waals surface area contributed by atoms with Crippen LogP contribution in [0.3, 0.4) is 0 Å². The molecule has 0 bridgehead atoms. The molecule has 0 radical (unpaired) electrons. The smallest absolute Gasteiger partial charge is 0.219 e. The van der Waals surface area contributed by atoms with Gasteiger partial charge in [-0.2, -0.15) is 0 Å². The maximum absolute atomic E-state index is 11.1. The highest BCUT2D eigenvalue weighted by atomic mass is 16.1. The van der Waals surface area contributed by atoms with Gasteiger partial charge in [0.15, 0.2) is 0 Å². The number of piperazine rings is 1. The zero-order valence-electron chi connectivity index (χ0n) is 12.1. The fraction of sp³-hybridized carbons (Fsp3) is 0.533. The van der Waals surface area contributed by atoms with Crippen LogP contribution in [-0.2, 0) is 4.79 Å². The summed E-state index contributed by atoms with van der Waals surface area (Å²) in [5.41, 5.74) is 13.6. The average molecular weight is 276 g/mol. The number of hydrogen-bond acceptors (Lipinski definition) is 4. The predicted octanol–water partition coefficient (Wildman–Crippen LogP) is 0.320. The molecule has 1 fully saturated rings. The number of hydrogen-bond donors (Lipinski definition) is 2. The molecule has 1 amide bonds. The number of aryl methyl sites for hydroxylation is 1. The van der Waals surface area contributed by atoms with Gasteiger partial charge in [-0.15, -0.1) is 0 Å². The molecule has 20 heavy (non-hydrogen) atoms. The second-order valence-corrected chi connectivity index (χ2v) is 5.42. The number of amides is 1. The Balaban J connectivity index is 1.93. The Morgan fingerprint density at radius 1 is 1.30 bits per heavy atom. The lowest BCUT2D eigenvalue weighted by molar-refractivity contribution is -0.119. The molecular formula is C15H24N4O. The molecule has 1 aliphatic heterocycles. The van der Waals surface area contributed by atoms with E-state index >= 15 is 0 Å². The number of nitrogens with two attached hydrogens (primary N) is 2. The van der Waals surface area contributed by atoms with E-state index in [1.807, 2.05) is 0 Å². The minimum Gasteiger partial charge on any atom is -0.370 e. The summed E-state index contributed by atoms with van der Waals surface area (Å²) >= 11 is 0. The van der Waals surface area contributed by atoms with Gasteiger partial charge in [-0.1, -0.05) is 12.1 Å². The number of carbonyl (C=O) groups is 1. The van der Waals surface area contributed by atoms with E-state index < -0.39 is 0 Å². The van der Waals surface area contributed by atoms with E-state index in [1.165, 1.54) is 11.3 Å². The van der Waals surface area contributed by atoms with Gasteiger partial charge < -0.3 is 16.4 Å². The Hall–Kier alpha value is -1.59. The lowest BCUT2D eigenvalue weighted by Crippen LogP contribution is -2.53. The molecule has 1 aromatic carbocycles. The molecule has 1 unspecified atom stereocenters. The molecule has 5 heteroatoms. The van der Waals surface area contributed by atoms with Crippen LogP contribution in [0.5, 0.6) is 0 Å². The molecule has 2 rings (SSSR count). The maximum atomic E-state index is 11.1. The van der Waals surface area contributed by atoms with Crippen LogP contribution in [0.25, 0.3) is 0 Å². The van der Waals surface area contributed by atoms with Gasteiger partial charge in [0.1, 0.15) is 0 Å². The fourth-order valence-corrected chi connectivity index (χ4v) is 2.76. The van der Waals surface area contributed by atoms with Gasteiger partial charge in [0.05, 0.1) is 0 Å². The Bertz CT molecular complexity index is 455. The molecule has 110 valence electrons. The van der Waals surface area contributed by atoms with E-state index in [2.05, 4.69) is 41.0 Å². The summed E-state index contributed by atoms with van der Waals surface area (Å²) in [7, 11) is 0. The first-order chi connectivity index (χ1) is 9.60. The van der Waals surface area contributed by atoms with E-state index in [1.54, 1.807) is 0 Å². The normalized spacial score (nSPS) is 18.0. The van der Waals surface area contributed by atoms with Gasteiger partial charge in [-0.3, -0.25) is 9.69 Å². The van der Waals surface area contributed by atoms with Crippen molar-refractivity contribution in [1.29, 1.82) is 0 Å². The lowest BCUT2D eigenvalue weighted by atomic mass is 10.1. The van der Waals surface area contributed by atoms with Crippen LogP contribution in [0.1, 0.15) is 12.0 Å². The molecule has 1 aliphatic rings. The Morgan fingerprint density at radius 3 is 2.55 bits per heavy atom. The van der Waals surface area contributed by atoms with Crippen molar-refractivity contribution in [1.82, 2.24) is 4.90 Å². The molecule has 1 atom stereocenters. The topological polar surface area (TPSA) is 75.6 Å².